The van der Waals surface area contributed by atoms with Gasteiger partial charge in [-0.2, -0.15) is 5.10 Å². The molecule has 0 aliphatic heterocycles. The van der Waals surface area contributed by atoms with E-state index < -0.39 is 0 Å². The molecule has 1 aromatic carbocycles. The first-order chi connectivity index (χ1) is 10.3. The van der Waals surface area contributed by atoms with Crippen LogP contribution in [0.25, 0.3) is 22.4 Å². The van der Waals surface area contributed by atoms with Crippen molar-refractivity contribution in [1.29, 1.82) is 0 Å². The summed E-state index contributed by atoms with van der Waals surface area (Å²) in [7, 11) is 1.96. The van der Waals surface area contributed by atoms with E-state index in [0.717, 1.165) is 27.9 Å². The van der Waals surface area contributed by atoms with Crippen LogP contribution in [-0.2, 0) is 7.05 Å². The Balaban J connectivity index is 2.10. The molecular formula is C18H15N3. The molecule has 0 radical (unpaired) electrons. The minimum Gasteiger partial charge on any atom is -0.267 e. The minimum absolute atomic E-state index is 1.02. The van der Waals surface area contributed by atoms with Crippen LogP contribution >= 0.6 is 0 Å². The molecule has 0 unspecified atom stereocenters. The zero-order chi connectivity index (χ0) is 14.7. The molecule has 3 heteroatoms. The fourth-order valence-corrected chi connectivity index (χ4v) is 2.38. The molecule has 0 fully saturated rings. The summed E-state index contributed by atoms with van der Waals surface area (Å²) in [6.45, 7) is 1.84. The van der Waals surface area contributed by atoms with E-state index in [2.05, 4.69) is 34.1 Å². The molecule has 0 atom stereocenters. The van der Waals surface area contributed by atoms with Gasteiger partial charge in [0.1, 0.15) is 0 Å². The van der Waals surface area contributed by atoms with Gasteiger partial charge >= 0.3 is 0 Å². The Bertz CT molecular complexity index is 803. The van der Waals surface area contributed by atoms with Gasteiger partial charge in [0.25, 0.3) is 0 Å². The third-order valence-corrected chi connectivity index (χ3v) is 3.36. The highest BCUT2D eigenvalue weighted by Gasteiger charge is 2.12. The molecule has 2 aromatic heterocycles. The maximum Gasteiger partial charge on any atom is 0.0757 e. The molecule has 0 aliphatic rings. The average molecular weight is 273 g/mol. The van der Waals surface area contributed by atoms with Crippen LogP contribution in [0.1, 0.15) is 12.5 Å². The van der Waals surface area contributed by atoms with Crippen LogP contribution in [0.15, 0.2) is 55.0 Å². The smallest absolute Gasteiger partial charge is 0.0757 e. The van der Waals surface area contributed by atoms with Crippen molar-refractivity contribution in [3.63, 3.8) is 0 Å². The number of hydrogen-bond donors (Lipinski definition) is 0. The lowest BCUT2D eigenvalue weighted by molar-refractivity contribution is 0.776. The van der Waals surface area contributed by atoms with Gasteiger partial charge in [-0.1, -0.05) is 18.1 Å². The summed E-state index contributed by atoms with van der Waals surface area (Å²) in [5.41, 5.74) is 5.47. The fraction of sp³-hybridized carbons (Fsp3) is 0.111. The van der Waals surface area contributed by atoms with E-state index in [1.54, 1.807) is 12.4 Å². The Kier molecular flexibility index (Phi) is 3.53. The summed E-state index contributed by atoms with van der Waals surface area (Å²) in [6.07, 6.45) is 5.49. The molecule has 0 N–H and O–H groups in total. The standard InChI is InChI=1S/C18H15N3/c1-3-4-14-5-7-16(8-6-14)18-17(13-20-21(18)2)15-9-11-19-12-10-15/h5-13H,1-2H3. The lowest BCUT2D eigenvalue weighted by atomic mass is 10.0. The van der Waals surface area contributed by atoms with Crippen LogP contribution in [0.2, 0.25) is 0 Å². The van der Waals surface area contributed by atoms with Crippen molar-refractivity contribution in [3.05, 3.63) is 60.6 Å². The van der Waals surface area contributed by atoms with Crippen LogP contribution in [0.5, 0.6) is 0 Å². The Hall–Kier alpha value is -2.86. The summed E-state index contributed by atoms with van der Waals surface area (Å²) in [6, 6.07) is 12.2. The van der Waals surface area contributed by atoms with Crippen molar-refractivity contribution in [2.45, 2.75) is 6.92 Å². The average Bonchev–Trinajstić information content (AvgIpc) is 2.91. The molecule has 0 saturated heterocycles. The maximum atomic E-state index is 4.40. The van der Waals surface area contributed by atoms with Crippen molar-refractivity contribution >= 4 is 0 Å². The van der Waals surface area contributed by atoms with Crippen LogP contribution in [0.3, 0.4) is 0 Å². The van der Waals surface area contributed by atoms with Gasteiger partial charge in [-0.3, -0.25) is 9.67 Å². The molecule has 3 nitrogen and oxygen atoms in total. The molecule has 102 valence electrons. The summed E-state index contributed by atoms with van der Waals surface area (Å²) >= 11 is 0. The fourth-order valence-electron chi connectivity index (χ4n) is 2.38. The first-order valence-corrected chi connectivity index (χ1v) is 6.75. The second-order valence-electron chi connectivity index (χ2n) is 4.72. The van der Waals surface area contributed by atoms with Gasteiger partial charge in [0.15, 0.2) is 0 Å². The Labute approximate surface area is 124 Å². The highest BCUT2D eigenvalue weighted by atomic mass is 15.3. The number of nitrogens with zero attached hydrogens (tertiary/aromatic N) is 3. The molecular weight excluding hydrogens is 258 g/mol. The predicted molar refractivity (Wildman–Crippen MR) is 84.4 cm³/mol. The Morgan fingerprint density at radius 1 is 0.952 bits per heavy atom. The van der Waals surface area contributed by atoms with E-state index in [1.165, 1.54) is 0 Å². The number of pyridine rings is 1. The van der Waals surface area contributed by atoms with Crippen molar-refractivity contribution < 1.29 is 0 Å². The second-order valence-corrected chi connectivity index (χ2v) is 4.72. The van der Waals surface area contributed by atoms with Gasteiger partial charge in [-0.05, 0) is 36.8 Å². The van der Waals surface area contributed by atoms with E-state index in [-0.39, 0.29) is 0 Å². The number of aryl methyl sites for hydroxylation is 1. The van der Waals surface area contributed by atoms with Gasteiger partial charge in [-0.15, -0.1) is 5.92 Å². The lowest BCUT2D eigenvalue weighted by Gasteiger charge is -2.07. The third kappa shape index (κ3) is 2.56. The molecule has 3 rings (SSSR count). The number of rotatable bonds is 2. The molecule has 0 amide bonds. The first kappa shape index (κ1) is 13.1. The molecule has 2 heterocycles. The van der Waals surface area contributed by atoms with Crippen molar-refractivity contribution in [2.24, 2.45) is 7.05 Å². The minimum atomic E-state index is 1.02. The van der Waals surface area contributed by atoms with Gasteiger partial charge in [0.2, 0.25) is 0 Å². The van der Waals surface area contributed by atoms with Gasteiger partial charge in [-0.25, -0.2) is 0 Å². The molecule has 21 heavy (non-hydrogen) atoms. The van der Waals surface area contributed by atoms with E-state index in [0.29, 0.717) is 0 Å². The summed E-state index contributed by atoms with van der Waals surface area (Å²) < 4.78 is 1.90. The molecule has 3 aromatic rings. The molecule has 0 spiro atoms. The van der Waals surface area contributed by atoms with E-state index >= 15 is 0 Å². The monoisotopic (exact) mass is 273 g/mol. The number of hydrogen-bond acceptors (Lipinski definition) is 2. The normalized spacial score (nSPS) is 10.0. The van der Waals surface area contributed by atoms with Gasteiger partial charge < -0.3 is 0 Å². The SMILES string of the molecule is CC#Cc1ccc(-c2c(-c3ccncc3)cnn2C)cc1. The zero-order valence-electron chi connectivity index (χ0n) is 12.0. The van der Waals surface area contributed by atoms with Crippen LogP contribution in [-0.4, -0.2) is 14.8 Å². The number of aromatic nitrogens is 3. The van der Waals surface area contributed by atoms with Crippen LogP contribution in [0, 0.1) is 11.8 Å². The first-order valence-electron chi connectivity index (χ1n) is 6.75. The van der Waals surface area contributed by atoms with Crippen molar-refractivity contribution in [1.82, 2.24) is 14.8 Å². The predicted octanol–water partition coefficient (Wildman–Crippen LogP) is 3.52. The van der Waals surface area contributed by atoms with E-state index in [9.17, 15) is 0 Å². The molecule has 0 aliphatic carbocycles. The molecule has 0 saturated carbocycles. The van der Waals surface area contributed by atoms with Crippen LogP contribution < -0.4 is 0 Å². The van der Waals surface area contributed by atoms with Crippen molar-refractivity contribution in [3.8, 4) is 34.2 Å². The lowest BCUT2D eigenvalue weighted by Crippen LogP contribution is -1.94. The summed E-state index contributed by atoms with van der Waals surface area (Å²) in [5.74, 6) is 5.97. The highest BCUT2D eigenvalue weighted by molar-refractivity contribution is 5.80. The largest absolute Gasteiger partial charge is 0.267 e. The van der Waals surface area contributed by atoms with E-state index in [1.807, 2.05) is 49.1 Å². The van der Waals surface area contributed by atoms with Crippen molar-refractivity contribution in [2.75, 3.05) is 0 Å². The maximum absolute atomic E-state index is 4.40. The zero-order valence-corrected chi connectivity index (χ0v) is 12.0. The van der Waals surface area contributed by atoms with Gasteiger partial charge in [0.05, 0.1) is 11.9 Å². The Morgan fingerprint density at radius 3 is 2.33 bits per heavy atom. The number of benzene rings is 1. The highest BCUT2D eigenvalue weighted by Crippen LogP contribution is 2.31. The topological polar surface area (TPSA) is 30.7 Å². The summed E-state index contributed by atoms with van der Waals surface area (Å²) in [5, 5.41) is 4.40. The Morgan fingerprint density at radius 2 is 1.67 bits per heavy atom. The second kappa shape index (κ2) is 5.64. The van der Waals surface area contributed by atoms with E-state index in [4.69, 9.17) is 0 Å². The third-order valence-electron chi connectivity index (χ3n) is 3.36. The van der Waals surface area contributed by atoms with Crippen LogP contribution in [0.4, 0.5) is 0 Å². The summed E-state index contributed by atoms with van der Waals surface area (Å²) in [4.78, 5) is 4.07. The molecule has 0 bridgehead atoms. The van der Waals surface area contributed by atoms with Gasteiger partial charge in [0, 0.05) is 36.1 Å². The quantitative estimate of drug-likeness (QED) is 0.669.